The third-order valence-corrected chi connectivity index (χ3v) is 2.15. The molecule has 0 aliphatic carbocycles. The van der Waals surface area contributed by atoms with Crippen LogP contribution in [0.25, 0.3) is 5.57 Å². The quantitative estimate of drug-likeness (QED) is 0.438. The SMILES string of the molecule is CCOC(=O)C(=C=O)c1c(OCC)ccn1C. The van der Waals surface area contributed by atoms with E-state index >= 15 is 0 Å². The van der Waals surface area contributed by atoms with Crippen LogP contribution in [0.3, 0.4) is 0 Å². The van der Waals surface area contributed by atoms with Gasteiger partial charge in [0.1, 0.15) is 17.4 Å². The van der Waals surface area contributed by atoms with Gasteiger partial charge in [0.15, 0.2) is 5.57 Å². The van der Waals surface area contributed by atoms with Gasteiger partial charge in [0.25, 0.3) is 0 Å². The molecule has 0 bridgehead atoms. The number of hydrogen-bond donors (Lipinski definition) is 0. The van der Waals surface area contributed by atoms with Crippen LogP contribution in [0.15, 0.2) is 12.3 Å². The lowest BCUT2D eigenvalue weighted by Crippen LogP contribution is -2.11. The van der Waals surface area contributed by atoms with E-state index < -0.39 is 5.97 Å². The number of ether oxygens (including phenoxy) is 2. The highest BCUT2D eigenvalue weighted by atomic mass is 16.5. The standard InChI is InChI=1S/C12H15NO4/c1-4-16-10-6-7-13(3)11(10)9(8-14)12(15)17-5-2/h6-7H,4-5H2,1-3H3. The zero-order chi connectivity index (χ0) is 12.8. The second-order valence-electron chi connectivity index (χ2n) is 3.27. The van der Waals surface area contributed by atoms with Crippen LogP contribution >= 0.6 is 0 Å². The van der Waals surface area contributed by atoms with Gasteiger partial charge in [-0.1, -0.05) is 0 Å². The molecule has 0 spiro atoms. The highest BCUT2D eigenvalue weighted by molar-refractivity contribution is 6.25. The third-order valence-electron chi connectivity index (χ3n) is 2.15. The molecule has 0 aliphatic rings. The van der Waals surface area contributed by atoms with E-state index in [9.17, 15) is 9.59 Å². The lowest BCUT2D eigenvalue weighted by Gasteiger charge is -2.08. The van der Waals surface area contributed by atoms with E-state index in [1.807, 2.05) is 6.92 Å². The molecule has 0 radical (unpaired) electrons. The topological polar surface area (TPSA) is 57.5 Å². The Balaban J connectivity index is 3.16. The fourth-order valence-corrected chi connectivity index (χ4v) is 1.47. The lowest BCUT2D eigenvalue weighted by molar-refractivity contribution is -0.136. The number of aryl methyl sites for hydroxylation is 1. The average molecular weight is 237 g/mol. The summed E-state index contributed by atoms with van der Waals surface area (Å²) in [6, 6.07) is 1.69. The van der Waals surface area contributed by atoms with Crippen molar-refractivity contribution in [2.75, 3.05) is 13.2 Å². The van der Waals surface area contributed by atoms with Crippen molar-refractivity contribution >= 4 is 17.5 Å². The van der Waals surface area contributed by atoms with Gasteiger partial charge in [-0.25, -0.2) is 9.59 Å². The summed E-state index contributed by atoms with van der Waals surface area (Å²) in [6.45, 7) is 4.16. The van der Waals surface area contributed by atoms with E-state index in [2.05, 4.69) is 0 Å². The molecule has 0 amide bonds. The van der Waals surface area contributed by atoms with Crippen molar-refractivity contribution in [2.24, 2.45) is 7.05 Å². The summed E-state index contributed by atoms with van der Waals surface area (Å²) < 4.78 is 11.8. The molecule has 1 aromatic rings. The van der Waals surface area contributed by atoms with Crippen molar-refractivity contribution in [3.8, 4) is 5.75 Å². The Labute approximate surface area is 99.6 Å². The highest BCUT2D eigenvalue weighted by Gasteiger charge is 2.22. The molecule has 0 unspecified atom stereocenters. The molecular formula is C12H15NO4. The van der Waals surface area contributed by atoms with Crippen LogP contribution in [0, 0.1) is 0 Å². The number of carbonyl (C=O) groups is 1. The van der Waals surface area contributed by atoms with E-state index in [1.54, 1.807) is 36.7 Å². The predicted octanol–water partition coefficient (Wildman–Crippen LogP) is 1.20. The largest absolute Gasteiger partial charge is 0.492 e. The first-order valence-corrected chi connectivity index (χ1v) is 5.36. The van der Waals surface area contributed by atoms with Gasteiger partial charge < -0.3 is 14.0 Å². The summed E-state index contributed by atoms with van der Waals surface area (Å²) >= 11 is 0. The number of carbonyl (C=O) groups excluding carboxylic acids is 2. The van der Waals surface area contributed by atoms with Crippen LogP contribution < -0.4 is 4.74 Å². The molecule has 1 heterocycles. The number of rotatable bonds is 5. The molecule has 1 rings (SSSR count). The number of aromatic nitrogens is 1. The molecule has 1 aromatic heterocycles. The number of nitrogens with zero attached hydrogens (tertiary/aromatic N) is 1. The number of esters is 1. The normalized spacial score (nSPS) is 9.59. The highest BCUT2D eigenvalue weighted by Crippen LogP contribution is 2.26. The predicted molar refractivity (Wildman–Crippen MR) is 62.3 cm³/mol. The second kappa shape index (κ2) is 5.92. The monoisotopic (exact) mass is 237 g/mol. The summed E-state index contributed by atoms with van der Waals surface area (Å²) in [4.78, 5) is 22.5. The van der Waals surface area contributed by atoms with Gasteiger partial charge >= 0.3 is 5.97 Å². The lowest BCUT2D eigenvalue weighted by atomic mass is 10.2. The van der Waals surface area contributed by atoms with Gasteiger partial charge in [0.2, 0.25) is 0 Å². The zero-order valence-corrected chi connectivity index (χ0v) is 10.1. The Morgan fingerprint density at radius 1 is 1.41 bits per heavy atom. The Morgan fingerprint density at radius 2 is 2.12 bits per heavy atom. The third kappa shape index (κ3) is 2.77. The van der Waals surface area contributed by atoms with Crippen LogP contribution in [0.1, 0.15) is 19.5 Å². The molecule has 0 atom stereocenters. The van der Waals surface area contributed by atoms with Gasteiger partial charge in [-0.2, -0.15) is 0 Å². The molecule has 5 nitrogen and oxygen atoms in total. The van der Waals surface area contributed by atoms with E-state index in [0.29, 0.717) is 18.1 Å². The van der Waals surface area contributed by atoms with Crippen molar-refractivity contribution in [2.45, 2.75) is 13.8 Å². The van der Waals surface area contributed by atoms with E-state index in [-0.39, 0.29) is 12.2 Å². The maximum absolute atomic E-state index is 11.6. The summed E-state index contributed by atoms with van der Waals surface area (Å²) in [5.41, 5.74) is 0.239. The van der Waals surface area contributed by atoms with Crippen LogP contribution in [0.2, 0.25) is 0 Å². The first-order valence-electron chi connectivity index (χ1n) is 5.36. The van der Waals surface area contributed by atoms with Crippen molar-refractivity contribution in [1.82, 2.24) is 4.57 Å². The molecule has 0 aliphatic heterocycles. The Bertz CT molecular complexity index is 455. The molecule has 92 valence electrons. The van der Waals surface area contributed by atoms with Crippen molar-refractivity contribution in [3.05, 3.63) is 18.0 Å². The molecule has 0 saturated heterocycles. The van der Waals surface area contributed by atoms with Gasteiger partial charge in [-0.15, -0.1) is 0 Å². The van der Waals surface area contributed by atoms with E-state index in [1.165, 1.54) is 0 Å². The molecule has 0 N–H and O–H groups in total. The van der Waals surface area contributed by atoms with Crippen molar-refractivity contribution in [3.63, 3.8) is 0 Å². The summed E-state index contributed by atoms with van der Waals surface area (Å²) in [5, 5.41) is 0. The van der Waals surface area contributed by atoms with Gasteiger partial charge in [0, 0.05) is 13.2 Å². The zero-order valence-electron chi connectivity index (χ0n) is 10.1. The average Bonchev–Trinajstić information content (AvgIpc) is 2.64. The maximum Gasteiger partial charge on any atom is 0.351 e. The van der Waals surface area contributed by atoms with Crippen molar-refractivity contribution in [1.29, 1.82) is 0 Å². The van der Waals surface area contributed by atoms with Crippen LogP contribution in [-0.4, -0.2) is 29.7 Å². The maximum atomic E-state index is 11.6. The Morgan fingerprint density at radius 3 is 2.65 bits per heavy atom. The molecule has 0 fully saturated rings. The minimum absolute atomic E-state index is 0.150. The molecule has 0 saturated carbocycles. The number of hydrogen-bond acceptors (Lipinski definition) is 4. The summed E-state index contributed by atoms with van der Waals surface area (Å²) in [5.74, 6) is 1.40. The molecule has 0 aromatic carbocycles. The summed E-state index contributed by atoms with van der Waals surface area (Å²) in [7, 11) is 1.72. The fourth-order valence-electron chi connectivity index (χ4n) is 1.47. The Kier molecular flexibility index (Phi) is 4.55. The van der Waals surface area contributed by atoms with Gasteiger partial charge in [0.05, 0.1) is 13.2 Å². The fraction of sp³-hybridized carbons (Fsp3) is 0.417. The van der Waals surface area contributed by atoms with Crippen molar-refractivity contribution < 1.29 is 19.1 Å². The first kappa shape index (κ1) is 13.1. The van der Waals surface area contributed by atoms with Gasteiger partial charge in [-0.3, -0.25) is 0 Å². The Hall–Kier alpha value is -2.00. The summed E-state index contributed by atoms with van der Waals surface area (Å²) in [6.07, 6.45) is 1.71. The van der Waals surface area contributed by atoms with Crippen LogP contribution in [-0.2, 0) is 21.4 Å². The molecular weight excluding hydrogens is 222 g/mol. The minimum Gasteiger partial charge on any atom is -0.492 e. The van der Waals surface area contributed by atoms with Crippen LogP contribution in [0.5, 0.6) is 5.75 Å². The second-order valence-corrected chi connectivity index (χ2v) is 3.27. The van der Waals surface area contributed by atoms with E-state index in [4.69, 9.17) is 9.47 Å². The van der Waals surface area contributed by atoms with E-state index in [0.717, 1.165) is 0 Å². The molecule has 5 heteroatoms. The molecule has 17 heavy (non-hydrogen) atoms. The van der Waals surface area contributed by atoms with Gasteiger partial charge in [-0.05, 0) is 19.9 Å². The minimum atomic E-state index is -0.690. The smallest absolute Gasteiger partial charge is 0.351 e. The first-order chi connectivity index (χ1) is 8.15. The van der Waals surface area contributed by atoms with Crippen LogP contribution in [0.4, 0.5) is 0 Å².